The van der Waals surface area contributed by atoms with Crippen LogP contribution in [0.2, 0.25) is 5.28 Å². The lowest BCUT2D eigenvalue weighted by atomic mass is 10.2. The third-order valence-electron chi connectivity index (χ3n) is 2.16. The van der Waals surface area contributed by atoms with Crippen LogP contribution in [0.15, 0.2) is 28.9 Å². The molecule has 0 saturated heterocycles. The maximum absolute atomic E-state index is 13.0. The van der Waals surface area contributed by atoms with Crippen molar-refractivity contribution in [3.05, 3.63) is 51.4 Å². The van der Waals surface area contributed by atoms with Crippen LogP contribution < -0.4 is 5.32 Å². The number of aromatic nitrogens is 2. The van der Waals surface area contributed by atoms with Crippen molar-refractivity contribution in [1.29, 1.82) is 0 Å². The maximum Gasteiger partial charge on any atom is 0.224 e. The van der Waals surface area contributed by atoms with Gasteiger partial charge >= 0.3 is 0 Å². The Balaban J connectivity index is 2.11. The van der Waals surface area contributed by atoms with Crippen LogP contribution in [0.5, 0.6) is 0 Å². The molecule has 2 aromatic rings. The van der Waals surface area contributed by atoms with E-state index in [1.807, 2.05) is 0 Å². The van der Waals surface area contributed by atoms with E-state index in [1.54, 1.807) is 0 Å². The monoisotopic (exact) mass is 333 g/mol. The Hall–Kier alpha value is -1.27. The van der Waals surface area contributed by atoms with Crippen LogP contribution in [0, 0.1) is 11.6 Å². The Bertz CT molecular complexity index is 580. The summed E-state index contributed by atoms with van der Waals surface area (Å²) in [5, 5.41) is 3.05. The zero-order valence-corrected chi connectivity index (χ0v) is 11.3. The number of rotatable bonds is 3. The zero-order valence-electron chi connectivity index (χ0n) is 8.92. The van der Waals surface area contributed by atoms with E-state index in [0.717, 1.165) is 12.1 Å². The molecule has 0 aliphatic heterocycles. The normalized spacial score (nSPS) is 10.4. The number of hydrogen-bond donors (Lipinski definition) is 1. The lowest BCUT2D eigenvalue weighted by Crippen LogP contribution is -2.03. The molecule has 0 aliphatic rings. The number of benzene rings is 1. The van der Waals surface area contributed by atoms with Crippen molar-refractivity contribution in [1.82, 2.24) is 9.97 Å². The van der Waals surface area contributed by atoms with Crippen molar-refractivity contribution >= 4 is 33.3 Å². The number of nitrogens with one attached hydrogen (secondary N) is 1. The van der Waals surface area contributed by atoms with E-state index >= 15 is 0 Å². The largest absolute Gasteiger partial charge is 0.365 e. The molecule has 1 heterocycles. The van der Waals surface area contributed by atoms with Crippen molar-refractivity contribution in [3.63, 3.8) is 0 Å². The Kier molecular flexibility index (Phi) is 4.08. The molecule has 1 N–H and O–H groups in total. The van der Waals surface area contributed by atoms with Gasteiger partial charge < -0.3 is 5.32 Å². The summed E-state index contributed by atoms with van der Waals surface area (Å²) in [6, 6.07) is 3.69. The molecular formula is C11H7BrClF2N3. The van der Waals surface area contributed by atoms with Gasteiger partial charge in [-0.2, -0.15) is 4.98 Å². The van der Waals surface area contributed by atoms with Gasteiger partial charge in [0.25, 0.3) is 0 Å². The Morgan fingerprint density at radius 2 is 2.06 bits per heavy atom. The van der Waals surface area contributed by atoms with Crippen molar-refractivity contribution in [3.8, 4) is 0 Å². The van der Waals surface area contributed by atoms with Crippen molar-refractivity contribution in [2.75, 3.05) is 5.32 Å². The fourth-order valence-electron chi connectivity index (χ4n) is 1.30. The first-order valence-corrected chi connectivity index (χ1v) is 6.09. The molecule has 0 atom stereocenters. The molecule has 0 bridgehead atoms. The third kappa shape index (κ3) is 3.14. The number of halogens is 4. The molecule has 0 fully saturated rings. The van der Waals surface area contributed by atoms with Crippen molar-refractivity contribution < 1.29 is 8.78 Å². The quantitative estimate of drug-likeness (QED) is 0.868. The van der Waals surface area contributed by atoms with E-state index in [-0.39, 0.29) is 5.28 Å². The summed E-state index contributed by atoms with van der Waals surface area (Å²) in [6.45, 7) is 0.295. The molecule has 1 aromatic carbocycles. The highest BCUT2D eigenvalue weighted by Crippen LogP contribution is 2.21. The topological polar surface area (TPSA) is 37.8 Å². The second kappa shape index (κ2) is 5.58. The summed E-state index contributed by atoms with van der Waals surface area (Å²) in [5.74, 6) is -1.26. The summed E-state index contributed by atoms with van der Waals surface area (Å²) >= 11 is 8.90. The summed E-state index contributed by atoms with van der Waals surface area (Å²) in [4.78, 5) is 7.73. The van der Waals surface area contributed by atoms with Gasteiger partial charge in [0, 0.05) is 12.7 Å². The molecule has 1 aromatic heterocycles. The molecule has 3 nitrogen and oxygen atoms in total. The lowest BCUT2D eigenvalue weighted by molar-refractivity contribution is 0.507. The molecule has 7 heteroatoms. The molecule has 0 radical (unpaired) electrons. The first-order valence-electron chi connectivity index (χ1n) is 4.92. The molecule has 2 rings (SSSR count). The average Bonchev–Trinajstić information content (AvgIpc) is 2.34. The van der Waals surface area contributed by atoms with Crippen LogP contribution in [-0.2, 0) is 6.54 Å². The first kappa shape index (κ1) is 13.2. The highest BCUT2D eigenvalue weighted by Gasteiger charge is 2.05. The van der Waals surface area contributed by atoms with Crippen molar-refractivity contribution in [2.45, 2.75) is 6.54 Å². The van der Waals surface area contributed by atoms with Gasteiger partial charge in [0.05, 0.1) is 4.47 Å². The van der Waals surface area contributed by atoms with Crippen LogP contribution >= 0.6 is 27.5 Å². The fourth-order valence-corrected chi connectivity index (χ4v) is 1.77. The van der Waals surface area contributed by atoms with Gasteiger partial charge in [-0.15, -0.1) is 0 Å². The molecule has 0 aliphatic carbocycles. The minimum absolute atomic E-state index is 0.103. The summed E-state index contributed by atoms with van der Waals surface area (Å²) in [6.07, 6.45) is 1.50. The van der Waals surface area contributed by atoms with Gasteiger partial charge in [0.15, 0.2) is 11.6 Å². The smallest absolute Gasteiger partial charge is 0.224 e. The number of anilines is 1. The van der Waals surface area contributed by atoms with Crippen LogP contribution in [0.25, 0.3) is 0 Å². The summed E-state index contributed by atoms with van der Waals surface area (Å²) in [7, 11) is 0. The molecule has 0 spiro atoms. The van der Waals surface area contributed by atoms with Gasteiger partial charge in [-0.3, -0.25) is 0 Å². The Labute approximate surface area is 115 Å². The van der Waals surface area contributed by atoms with Crippen LogP contribution in [-0.4, -0.2) is 9.97 Å². The fraction of sp³-hybridized carbons (Fsp3) is 0.0909. The van der Waals surface area contributed by atoms with Crippen LogP contribution in [0.3, 0.4) is 0 Å². The summed E-state index contributed by atoms with van der Waals surface area (Å²) in [5.41, 5.74) is 0.593. The van der Waals surface area contributed by atoms with Gasteiger partial charge in [0.2, 0.25) is 5.28 Å². The number of hydrogen-bond acceptors (Lipinski definition) is 3. The highest BCUT2D eigenvalue weighted by molar-refractivity contribution is 9.10. The van der Waals surface area contributed by atoms with Gasteiger partial charge in [0.1, 0.15) is 5.82 Å². The Morgan fingerprint density at radius 1 is 1.28 bits per heavy atom. The predicted molar refractivity (Wildman–Crippen MR) is 68.4 cm³/mol. The molecular weight excluding hydrogens is 327 g/mol. The average molecular weight is 335 g/mol. The minimum atomic E-state index is -0.880. The number of nitrogens with zero attached hydrogens (tertiary/aromatic N) is 2. The first-order chi connectivity index (χ1) is 8.56. The van der Waals surface area contributed by atoms with Crippen LogP contribution in [0.4, 0.5) is 14.6 Å². The molecule has 0 unspecified atom stereocenters. The van der Waals surface area contributed by atoms with E-state index < -0.39 is 11.6 Å². The second-order valence-corrected chi connectivity index (χ2v) is 4.63. The van der Waals surface area contributed by atoms with E-state index in [9.17, 15) is 8.78 Å². The van der Waals surface area contributed by atoms with Gasteiger partial charge in [-0.25, -0.2) is 13.8 Å². The van der Waals surface area contributed by atoms with E-state index in [4.69, 9.17) is 11.6 Å². The van der Waals surface area contributed by atoms with Crippen LogP contribution in [0.1, 0.15) is 5.56 Å². The molecule has 94 valence electrons. The zero-order chi connectivity index (χ0) is 13.1. The SMILES string of the molecule is Fc1ccc(CNc2nc(Cl)ncc2Br)cc1F. The third-order valence-corrected chi connectivity index (χ3v) is 2.92. The van der Waals surface area contributed by atoms with Gasteiger partial charge in [-0.1, -0.05) is 6.07 Å². The highest BCUT2D eigenvalue weighted by atomic mass is 79.9. The summed E-state index contributed by atoms with van der Waals surface area (Å²) < 4.78 is 26.4. The lowest BCUT2D eigenvalue weighted by Gasteiger charge is -2.07. The second-order valence-electron chi connectivity index (χ2n) is 3.44. The standard InChI is InChI=1S/C11H7BrClF2N3/c12-7-5-17-11(13)18-10(7)16-4-6-1-2-8(14)9(15)3-6/h1-3,5H,4H2,(H,16,17,18). The minimum Gasteiger partial charge on any atom is -0.365 e. The van der Waals surface area contributed by atoms with Gasteiger partial charge in [-0.05, 0) is 45.2 Å². The molecule has 0 saturated carbocycles. The van der Waals surface area contributed by atoms with E-state index in [0.29, 0.717) is 22.4 Å². The molecule has 0 amide bonds. The van der Waals surface area contributed by atoms with Crippen molar-refractivity contribution in [2.24, 2.45) is 0 Å². The van der Waals surface area contributed by atoms with E-state index in [1.165, 1.54) is 12.3 Å². The molecule has 18 heavy (non-hydrogen) atoms. The predicted octanol–water partition coefficient (Wildman–Crippen LogP) is 3.78. The Morgan fingerprint density at radius 3 is 2.78 bits per heavy atom. The van der Waals surface area contributed by atoms with E-state index in [2.05, 4.69) is 31.2 Å². The maximum atomic E-state index is 13.0.